The van der Waals surface area contributed by atoms with Gasteiger partial charge in [-0.1, -0.05) is 0 Å². The molecule has 3 nitrogen and oxygen atoms in total. The maximum absolute atomic E-state index is 3.58. The van der Waals surface area contributed by atoms with E-state index in [1.807, 2.05) is 6.20 Å². The van der Waals surface area contributed by atoms with Gasteiger partial charge in [-0.25, -0.2) is 0 Å². The van der Waals surface area contributed by atoms with Crippen LogP contribution in [0.15, 0.2) is 18.3 Å². The number of piperidine rings is 1. The summed E-state index contributed by atoms with van der Waals surface area (Å²) in [5.41, 5.74) is 1.28. The molecule has 3 heteroatoms. The molecule has 3 N–H and O–H groups in total. The van der Waals surface area contributed by atoms with Gasteiger partial charge in [0.1, 0.15) is 0 Å². The molecule has 1 aliphatic rings. The number of aromatic nitrogens is 1. The van der Waals surface area contributed by atoms with Crippen molar-refractivity contribution in [2.45, 2.75) is 25.8 Å². The van der Waals surface area contributed by atoms with Crippen LogP contribution in [0.25, 0.3) is 0 Å². The minimum Gasteiger partial charge on any atom is -0.364 e. The molecule has 1 aromatic heterocycles. The van der Waals surface area contributed by atoms with E-state index in [1.165, 1.54) is 31.6 Å². The van der Waals surface area contributed by atoms with Crippen LogP contribution < -0.4 is 10.6 Å². The monoisotopic (exact) mass is 207 g/mol. The standard InChI is InChI=1S/C12H21N3/c1-10(12-5-3-7-14-12)15-9-11-4-2-6-13-8-11/h3,5,7,10-11,13-15H,2,4,6,8-9H2,1H3/t10-,11+/m0/s1. The van der Waals surface area contributed by atoms with Crippen molar-refractivity contribution >= 4 is 0 Å². The molecule has 15 heavy (non-hydrogen) atoms. The zero-order valence-electron chi connectivity index (χ0n) is 9.42. The van der Waals surface area contributed by atoms with Gasteiger partial charge in [0.05, 0.1) is 0 Å². The highest BCUT2D eigenvalue weighted by Gasteiger charge is 2.14. The summed E-state index contributed by atoms with van der Waals surface area (Å²) in [4.78, 5) is 3.25. The number of rotatable bonds is 4. The van der Waals surface area contributed by atoms with Gasteiger partial charge in [-0.05, 0) is 57.5 Å². The van der Waals surface area contributed by atoms with Gasteiger partial charge in [0.2, 0.25) is 0 Å². The highest BCUT2D eigenvalue weighted by molar-refractivity contribution is 5.07. The number of H-pyrrole nitrogens is 1. The average Bonchev–Trinajstić information content (AvgIpc) is 2.81. The molecule has 1 fully saturated rings. The van der Waals surface area contributed by atoms with Crippen molar-refractivity contribution in [2.24, 2.45) is 5.92 Å². The molecule has 0 aromatic carbocycles. The first kappa shape index (κ1) is 10.7. The first-order chi connectivity index (χ1) is 7.36. The molecule has 2 atom stereocenters. The van der Waals surface area contributed by atoms with Gasteiger partial charge in [0.25, 0.3) is 0 Å². The lowest BCUT2D eigenvalue weighted by Gasteiger charge is -2.24. The van der Waals surface area contributed by atoms with Crippen molar-refractivity contribution in [3.05, 3.63) is 24.0 Å². The third-order valence-corrected chi connectivity index (χ3v) is 3.20. The second-order valence-electron chi connectivity index (χ2n) is 4.47. The second-order valence-corrected chi connectivity index (χ2v) is 4.47. The average molecular weight is 207 g/mol. The van der Waals surface area contributed by atoms with Crippen molar-refractivity contribution in [3.63, 3.8) is 0 Å². The van der Waals surface area contributed by atoms with Crippen molar-refractivity contribution in [1.82, 2.24) is 15.6 Å². The second kappa shape index (κ2) is 5.33. The van der Waals surface area contributed by atoms with Gasteiger partial charge in [-0.2, -0.15) is 0 Å². The van der Waals surface area contributed by atoms with Gasteiger partial charge in [-0.3, -0.25) is 0 Å². The lowest BCUT2D eigenvalue weighted by atomic mass is 9.99. The molecule has 0 saturated carbocycles. The molecule has 0 spiro atoms. The largest absolute Gasteiger partial charge is 0.364 e. The Kier molecular flexibility index (Phi) is 3.80. The highest BCUT2D eigenvalue weighted by Crippen LogP contribution is 2.12. The predicted octanol–water partition coefficient (Wildman–Crippen LogP) is 1.66. The summed E-state index contributed by atoms with van der Waals surface area (Å²) in [6, 6.07) is 4.62. The van der Waals surface area contributed by atoms with Crippen molar-refractivity contribution < 1.29 is 0 Å². The Morgan fingerprint density at radius 1 is 1.60 bits per heavy atom. The molecule has 84 valence electrons. The Bertz CT molecular complexity index is 262. The molecule has 1 saturated heterocycles. The lowest BCUT2D eigenvalue weighted by molar-refractivity contribution is 0.347. The third kappa shape index (κ3) is 3.08. The Labute approximate surface area is 91.7 Å². The number of nitrogens with one attached hydrogen (secondary N) is 3. The molecular weight excluding hydrogens is 186 g/mol. The zero-order chi connectivity index (χ0) is 10.5. The zero-order valence-corrected chi connectivity index (χ0v) is 9.42. The Balaban J connectivity index is 1.73. The van der Waals surface area contributed by atoms with E-state index >= 15 is 0 Å². The number of hydrogen-bond donors (Lipinski definition) is 3. The summed E-state index contributed by atoms with van der Waals surface area (Å²) in [6.07, 6.45) is 4.66. The summed E-state index contributed by atoms with van der Waals surface area (Å²) in [6.45, 7) is 5.70. The van der Waals surface area contributed by atoms with Gasteiger partial charge in [0.15, 0.2) is 0 Å². The minimum atomic E-state index is 0.432. The van der Waals surface area contributed by atoms with Crippen LogP contribution in [0.4, 0.5) is 0 Å². The quantitative estimate of drug-likeness (QED) is 0.703. The minimum absolute atomic E-state index is 0.432. The summed E-state index contributed by atoms with van der Waals surface area (Å²) in [5.74, 6) is 0.802. The third-order valence-electron chi connectivity index (χ3n) is 3.20. The van der Waals surface area contributed by atoms with Crippen molar-refractivity contribution in [3.8, 4) is 0 Å². The van der Waals surface area contributed by atoms with Gasteiger partial charge in [-0.15, -0.1) is 0 Å². The van der Waals surface area contributed by atoms with E-state index in [0.29, 0.717) is 6.04 Å². The summed E-state index contributed by atoms with van der Waals surface area (Å²) in [7, 11) is 0. The van der Waals surface area contributed by atoms with E-state index in [2.05, 4.69) is 34.7 Å². The van der Waals surface area contributed by atoms with Gasteiger partial charge in [0, 0.05) is 17.9 Å². The molecule has 0 amide bonds. The van der Waals surface area contributed by atoms with E-state index in [4.69, 9.17) is 0 Å². The Morgan fingerprint density at radius 3 is 3.20 bits per heavy atom. The fourth-order valence-electron chi connectivity index (χ4n) is 2.17. The van der Waals surface area contributed by atoms with Crippen LogP contribution in [-0.2, 0) is 0 Å². The first-order valence-electron chi connectivity index (χ1n) is 5.93. The SMILES string of the molecule is C[C@H](NC[C@@H]1CCCNC1)c1ccc[nH]1. The molecule has 1 aliphatic heterocycles. The van der Waals surface area contributed by atoms with E-state index in [-0.39, 0.29) is 0 Å². The molecule has 0 aliphatic carbocycles. The summed E-state index contributed by atoms with van der Waals surface area (Å²) in [5, 5.41) is 7.03. The van der Waals surface area contributed by atoms with Crippen LogP contribution in [0.3, 0.4) is 0 Å². The summed E-state index contributed by atoms with van der Waals surface area (Å²) >= 11 is 0. The van der Waals surface area contributed by atoms with Crippen LogP contribution in [0, 0.1) is 5.92 Å². The lowest BCUT2D eigenvalue weighted by Crippen LogP contribution is -2.36. The van der Waals surface area contributed by atoms with Crippen LogP contribution in [0.1, 0.15) is 31.5 Å². The molecule has 2 rings (SSSR count). The van der Waals surface area contributed by atoms with Gasteiger partial charge >= 0.3 is 0 Å². The van der Waals surface area contributed by atoms with E-state index < -0.39 is 0 Å². The fraction of sp³-hybridized carbons (Fsp3) is 0.667. The molecule has 1 aromatic rings. The van der Waals surface area contributed by atoms with Crippen LogP contribution >= 0.6 is 0 Å². The van der Waals surface area contributed by atoms with Crippen molar-refractivity contribution in [1.29, 1.82) is 0 Å². The van der Waals surface area contributed by atoms with Gasteiger partial charge < -0.3 is 15.6 Å². The maximum Gasteiger partial charge on any atom is 0.0444 e. The van der Waals surface area contributed by atoms with E-state index in [1.54, 1.807) is 0 Å². The Morgan fingerprint density at radius 2 is 2.53 bits per heavy atom. The maximum atomic E-state index is 3.58. The highest BCUT2D eigenvalue weighted by atomic mass is 15.0. The molecule has 2 heterocycles. The number of aromatic amines is 1. The topological polar surface area (TPSA) is 39.8 Å². The molecule has 0 bridgehead atoms. The van der Waals surface area contributed by atoms with E-state index in [9.17, 15) is 0 Å². The predicted molar refractivity (Wildman–Crippen MR) is 62.8 cm³/mol. The normalized spacial score (nSPS) is 23.9. The van der Waals surface area contributed by atoms with E-state index in [0.717, 1.165) is 12.5 Å². The van der Waals surface area contributed by atoms with Crippen LogP contribution in [0.2, 0.25) is 0 Å². The Hall–Kier alpha value is -0.800. The fourth-order valence-corrected chi connectivity index (χ4v) is 2.17. The summed E-state index contributed by atoms with van der Waals surface area (Å²) < 4.78 is 0. The molecule has 0 radical (unpaired) electrons. The van der Waals surface area contributed by atoms with Crippen LogP contribution in [-0.4, -0.2) is 24.6 Å². The van der Waals surface area contributed by atoms with Crippen LogP contribution in [0.5, 0.6) is 0 Å². The smallest absolute Gasteiger partial charge is 0.0444 e. The molecule has 0 unspecified atom stereocenters. The first-order valence-corrected chi connectivity index (χ1v) is 5.93. The van der Waals surface area contributed by atoms with Crippen molar-refractivity contribution in [2.75, 3.05) is 19.6 Å². The molecular formula is C12H21N3. The number of hydrogen-bond acceptors (Lipinski definition) is 2.